The summed E-state index contributed by atoms with van der Waals surface area (Å²) in [6.45, 7) is 2.89. The van der Waals surface area contributed by atoms with E-state index in [4.69, 9.17) is 18.9 Å². The average Bonchev–Trinajstić information content (AvgIpc) is 2.83. The molecule has 0 aliphatic heterocycles. The lowest BCUT2D eigenvalue weighted by Gasteiger charge is -2.12. The molecular weight excluding hydrogens is 488 g/mol. The van der Waals surface area contributed by atoms with Gasteiger partial charge in [-0.3, -0.25) is 0 Å². The fourth-order valence-electron chi connectivity index (χ4n) is 2.86. The van der Waals surface area contributed by atoms with Gasteiger partial charge >= 0.3 is 11.9 Å². The van der Waals surface area contributed by atoms with Gasteiger partial charge in [0.2, 0.25) is 0 Å². The van der Waals surface area contributed by atoms with Crippen LogP contribution in [0.15, 0.2) is 77.3 Å². The first-order valence-electron chi connectivity index (χ1n) is 10.7. The molecule has 0 radical (unpaired) electrons. The van der Waals surface area contributed by atoms with E-state index in [0.29, 0.717) is 23.7 Å². The summed E-state index contributed by atoms with van der Waals surface area (Å²) in [7, 11) is 0. The molecule has 3 aromatic carbocycles. The number of benzene rings is 3. The fourth-order valence-corrected chi connectivity index (χ4v) is 3.22. The molecule has 0 N–H and O–H groups in total. The second-order valence-electron chi connectivity index (χ2n) is 7.06. The van der Waals surface area contributed by atoms with Crippen molar-refractivity contribution in [1.82, 2.24) is 0 Å². The van der Waals surface area contributed by atoms with E-state index in [2.05, 4.69) is 22.9 Å². The molecule has 0 unspecified atom stereocenters. The maximum absolute atomic E-state index is 12.8. The van der Waals surface area contributed by atoms with Gasteiger partial charge in [-0.15, -0.1) is 0 Å². The van der Waals surface area contributed by atoms with Crippen LogP contribution < -0.4 is 14.2 Å². The van der Waals surface area contributed by atoms with Crippen LogP contribution in [-0.2, 0) is 4.74 Å². The number of hydrogen-bond donors (Lipinski definition) is 0. The second kappa shape index (κ2) is 12.6. The molecule has 0 aliphatic rings. The summed E-state index contributed by atoms with van der Waals surface area (Å²) in [5, 5.41) is 0. The summed E-state index contributed by atoms with van der Waals surface area (Å²) in [4.78, 5) is 25.2. The summed E-state index contributed by atoms with van der Waals surface area (Å²) in [5.74, 6) is 0.272. The van der Waals surface area contributed by atoms with Crippen molar-refractivity contribution in [2.24, 2.45) is 0 Å². The largest absolute Gasteiger partial charge is 0.493 e. The van der Waals surface area contributed by atoms with Gasteiger partial charge < -0.3 is 18.9 Å². The molecule has 6 nitrogen and oxygen atoms in total. The SMILES string of the molecule is CCCCOc1ccc(Br)cc1C(=O)Oc1cccc(C(=O)OCCOc2ccccc2)c1. The van der Waals surface area contributed by atoms with Gasteiger partial charge in [-0.2, -0.15) is 0 Å². The molecule has 0 aromatic heterocycles. The summed E-state index contributed by atoms with van der Waals surface area (Å²) in [6.07, 6.45) is 1.86. The van der Waals surface area contributed by atoms with E-state index in [1.165, 1.54) is 6.07 Å². The van der Waals surface area contributed by atoms with E-state index in [9.17, 15) is 9.59 Å². The van der Waals surface area contributed by atoms with Gasteiger partial charge in [0.15, 0.2) is 0 Å². The third-order valence-electron chi connectivity index (χ3n) is 4.53. The lowest BCUT2D eigenvalue weighted by molar-refractivity contribution is 0.0449. The minimum Gasteiger partial charge on any atom is -0.493 e. The van der Waals surface area contributed by atoms with E-state index in [1.54, 1.807) is 36.4 Å². The van der Waals surface area contributed by atoms with Crippen molar-refractivity contribution < 1.29 is 28.5 Å². The van der Waals surface area contributed by atoms with Gasteiger partial charge in [0, 0.05) is 4.47 Å². The van der Waals surface area contributed by atoms with Gasteiger partial charge in [-0.05, 0) is 55.0 Å². The maximum Gasteiger partial charge on any atom is 0.347 e. The summed E-state index contributed by atoms with van der Waals surface area (Å²) >= 11 is 3.37. The van der Waals surface area contributed by atoms with Gasteiger partial charge in [0.05, 0.1) is 12.2 Å². The first kappa shape index (κ1) is 24.3. The molecule has 0 heterocycles. The van der Waals surface area contributed by atoms with E-state index in [1.807, 2.05) is 30.3 Å². The molecule has 0 bridgehead atoms. The number of carbonyl (C=O) groups is 2. The molecule has 0 saturated heterocycles. The van der Waals surface area contributed by atoms with E-state index >= 15 is 0 Å². The van der Waals surface area contributed by atoms with Crippen LogP contribution in [0.1, 0.15) is 40.5 Å². The summed E-state index contributed by atoms with van der Waals surface area (Å²) in [6, 6.07) is 20.7. The van der Waals surface area contributed by atoms with E-state index in [0.717, 1.165) is 17.3 Å². The first-order chi connectivity index (χ1) is 16.1. The zero-order valence-electron chi connectivity index (χ0n) is 18.3. The molecule has 3 rings (SSSR count). The Morgan fingerprint density at radius 3 is 2.36 bits per heavy atom. The van der Waals surface area contributed by atoms with Gasteiger partial charge in [-0.1, -0.05) is 53.5 Å². The minimum atomic E-state index is -0.579. The predicted molar refractivity (Wildman–Crippen MR) is 128 cm³/mol. The predicted octanol–water partition coefficient (Wildman–Crippen LogP) is 6.08. The Morgan fingerprint density at radius 2 is 1.58 bits per heavy atom. The van der Waals surface area contributed by atoms with Crippen LogP contribution in [0.25, 0.3) is 0 Å². The Hall–Kier alpha value is -3.32. The quantitative estimate of drug-likeness (QED) is 0.176. The monoisotopic (exact) mass is 512 g/mol. The lowest BCUT2D eigenvalue weighted by Crippen LogP contribution is -2.14. The van der Waals surface area contributed by atoms with Crippen molar-refractivity contribution in [3.05, 3.63) is 88.4 Å². The zero-order valence-corrected chi connectivity index (χ0v) is 19.9. The van der Waals surface area contributed by atoms with Crippen molar-refractivity contribution in [2.75, 3.05) is 19.8 Å². The highest BCUT2D eigenvalue weighted by atomic mass is 79.9. The molecule has 0 fully saturated rings. The van der Waals surface area contributed by atoms with Gasteiger partial charge in [0.1, 0.15) is 36.0 Å². The molecule has 7 heteroatoms. The second-order valence-corrected chi connectivity index (χ2v) is 7.97. The van der Waals surface area contributed by atoms with Crippen LogP contribution >= 0.6 is 15.9 Å². The summed E-state index contributed by atoms with van der Waals surface area (Å²) < 4.78 is 22.7. The topological polar surface area (TPSA) is 71.1 Å². The number of ether oxygens (including phenoxy) is 4. The standard InChI is InChI=1S/C26H25BrO6/c1-2-3-14-31-24-13-12-20(27)18-23(24)26(29)33-22-11-7-8-19(17-22)25(28)32-16-15-30-21-9-5-4-6-10-21/h4-13,17-18H,2-3,14-16H2,1H3. The highest BCUT2D eigenvalue weighted by molar-refractivity contribution is 9.10. The number of rotatable bonds is 11. The summed E-state index contributed by atoms with van der Waals surface area (Å²) in [5.41, 5.74) is 0.570. The van der Waals surface area contributed by atoms with Crippen LogP contribution in [0.4, 0.5) is 0 Å². The molecule has 0 atom stereocenters. The Morgan fingerprint density at radius 1 is 0.788 bits per heavy atom. The Balaban J connectivity index is 1.58. The third kappa shape index (κ3) is 7.64. The smallest absolute Gasteiger partial charge is 0.347 e. The maximum atomic E-state index is 12.8. The molecule has 3 aromatic rings. The Labute approximate surface area is 201 Å². The van der Waals surface area contributed by atoms with Crippen LogP contribution in [0.2, 0.25) is 0 Å². The number of unbranched alkanes of at least 4 members (excludes halogenated alkanes) is 1. The number of carbonyl (C=O) groups excluding carboxylic acids is 2. The van der Waals surface area contributed by atoms with Crippen LogP contribution in [-0.4, -0.2) is 31.8 Å². The van der Waals surface area contributed by atoms with Crippen molar-refractivity contribution in [2.45, 2.75) is 19.8 Å². The van der Waals surface area contributed by atoms with E-state index < -0.39 is 11.9 Å². The Bertz CT molecular complexity index is 1070. The molecule has 172 valence electrons. The normalized spacial score (nSPS) is 10.4. The minimum absolute atomic E-state index is 0.0915. The van der Waals surface area contributed by atoms with Crippen molar-refractivity contribution >= 4 is 27.9 Å². The fraction of sp³-hybridized carbons (Fsp3) is 0.231. The first-order valence-corrected chi connectivity index (χ1v) is 11.5. The molecule has 0 saturated carbocycles. The van der Waals surface area contributed by atoms with Crippen molar-refractivity contribution in [3.63, 3.8) is 0 Å². The number of para-hydroxylation sites is 1. The van der Waals surface area contributed by atoms with Crippen LogP contribution in [0, 0.1) is 0 Å². The van der Waals surface area contributed by atoms with E-state index in [-0.39, 0.29) is 24.5 Å². The third-order valence-corrected chi connectivity index (χ3v) is 5.02. The number of hydrogen-bond acceptors (Lipinski definition) is 6. The molecule has 0 aliphatic carbocycles. The number of halogens is 1. The lowest BCUT2D eigenvalue weighted by atomic mass is 10.2. The highest BCUT2D eigenvalue weighted by Crippen LogP contribution is 2.26. The molecule has 0 spiro atoms. The van der Waals surface area contributed by atoms with Crippen LogP contribution in [0.5, 0.6) is 17.2 Å². The zero-order chi connectivity index (χ0) is 23.5. The molecular formula is C26H25BrO6. The number of esters is 2. The van der Waals surface area contributed by atoms with Gasteiger partial charge in [-0.25, -0.2) is 9.59 Å². The van der Waals surface area contributed by atoms with Crippen molar-refractivity contribution in [1.29, 1.82) is 0 Å². The molecule has 33 heavy (non-hydrogen) atoms. The van der Waals surface area contributed by atoms with Gasteiger partial charge in [0.25, 0.3) is 0 Å². The highest BCUT2D eigenvalue weighted by Gasteiger charge is 2.17. The van der Waals surface area contributed by atoms with Crippen molar-refractivity contribution in [3.8, 4) is 17.2 Å². The molecule has 0 amide bonds. The van der Waals surface area contributed by atoms with Crippen LogP contribution in [0.3, 0.4) is 0 Å². The average molecular weight is 513 g/mol. The Kier molecular flexibility index (Phi) is 9.32.